The number of unbranched alkanes of at least 4 members (excludes halogenated alkanes) is 1. The van der Waals surface area contributed by atoms with Gasteiger partial charge in [0, 0.05) is 13.6 Å². The van der Waals surface area contributed by atoms with Gasteiger partial charge in [-0.05, 0) is 25.5 Å². The van der Waals surface area contributed by atoms with Crippen LogP contribution in [0.15, 0.2) is 11.8 Å². The number of rotatable bonds is 3. The Morgan fingerprint density at radius 1 is 1.60 bits per heavy atom. The molecule has 1 heterocycles. The minimum absolute atomic E-state index is 1.24. The molecule has 1 heteroatoms. The Morgan fingerprint density at radius 3 is 2.90 bits per heavy atom. The second-order valence-electron chi connectivity index (χ2n) is 3.12. The summed E-state index contributed by atoms with van der Waals surface area (Å²) in [6, 6.07) is 0. The zero-order chi connectivity index (χ0) is 7.40. The predicted octanol–water partition coefficient (Wildman–Crippen LogP) is 2.40. The van der Waals surface area contributed by atoms with Gasteiger partial charge in [0.15, 0.2) is 0 Å². The standard InChI is InChI=1S/C9H17N/c1-3-4-5-9-6-7-10(2)8-9/h8H,3-7H2,1-2H3. The van der Waals surface area contributed by atoms with E-state index in [4.69, 9.17) is 0 Å². The van der Waals surface area contributed by atoms with Crippen molar-refractivity contribution in [3.05, 3.63) is 11.8 Å². The molecule has 0 bridgehead atoms. The average molecular weight is 139 g/mol. The van der Waals surface area contributed by atoms with E-state index in [1.54, 1.807) is 5.57 Å². The van der Waals surface area contributed by atoms with Crippen LogP contribution in [0.25, 0.3) is 0 Å². The second-order valence-corrected chi connectivity index (χ2v) is 3.12. The topological polar surface area (TPSA) is 3.24 Å². The number of hydrogen-bond donors (Lipinski definition) is 0. The highest BCUT2D eigenvalue weighted by Crippen LogP contribution is 2.17. The summed E-state index contributed by atoms with van der Waals surface area (Å²) in [5, 5.41) is 0. The summed E-state index contributed by atoms with van der Waals surface area (Å²) in [6.07, 6.45) is 7.60. The quantitative estimate of drug-likeness (QED) is 0.580. The molecule has 0 fully saturated rings. The fourth-order valence-corrected chi connectivity index (χ4v) is 1.35. The summed E-state index contributed by atoms with van der Waals surface area (Å²) in [5.74, 6) is 0. The SMILES string of the molecule is CCCCC1=CN(C)CC1. The summed E-state index contributed by atoms with van der Waals surface area (Å²) in [6.45, 7) is 3.48. The molecule has 1 aliphatic heterocycles. The van der Waals surface area contributed by atoms with Crippen molar-refractivity contribution < 1.29 is 0 Å². The Hall–Kier alpha value is -0.460. The zero-order valence-electron chi connectivity index (χ0n) is 7.06. The molecule has 0 saturated heterocycles. The van der Waals surface area contributed by atoms with E-state index in [0.717, 1.165) is 0 Å². The molecule has 0 saturated carbocycles. The molecule has 1 aliphatic rings. The van der Waals surface area contributed by atoms with Crippen molar-refractivity contribution in [3.8, 4) is 0 Å². The van der Waals surface area contributed by atoms with E-state index in [1.807, 2.05) is 0 Å². The van der Waals surface area contributed by atoms with E-state index in [0.29, 0.717) is 0 Å². The van der Waals surface area contributed by atoms with Crippen molar-refractivity contribution in [2.45, 2.75) is 32.6 Å². The van der Waals surface area contributed by atoms with E-state index in [1.165, 1.54) is 32.2 Å². The first-order valence-corrected chi connectivity index (χ1v) is 4.22. The van der Waals surface area contributed by atoms with E-state index >= 15 is 0 Å². The zero-order valence-corrected chi connectivity index (χ0v) is 7.06. The third kappa shape index (κ3) is 2.05. The fourth-order valence-electron chi connectivity index (χ4n) is 1.35. The van der Waals surface area contributed by atoms with Gasteiger partial charge in [0.1, 0.15) is 0 Å². The van der Waals surface area contributed by atoms with Gasteiger partial charge in [0.05, 0.1) is 0 Å². The van der Waals surface area contributed by atoms with Crippen molar-refractivity contribution in [2.24, 2.45) is 0 Å². The van der Waals surface area contributed by atoms with Crippen LogP contribution in [0, 0.1) is 0 Å². The minimum atomic E-state index is 1.24. The Kier molecular flexibility index (Phi) is 2.79. The number of hydrogen-bond acceptors (Lipinski definition) is 1. The largest absolute Gasteiger partial charge is 0.380 e. The van der Waals surface area contributed by atoms with Crippen molar-refractivity contribution in [1.29, 1.82) is 0 Å². The van der Waals surface area contributed by atoms with Gasteiger partial charge in [-0.15, -0.1) is 0 Å². The summed E-state index contributed by atoms with van der Waals surface area (Å²) in [7, 11) is 2.15. The van der Waals surface area contributed by atoms with E-state index in [-0.39, 0.29) is 0 Å². The van der Waals surface area contributed by atoms with Crippen LogP contribution in [-0.2, 0) is 0 Å². The van der Waals surface area contributed by atoms with E-state index in [9.17, 15) is 0 Å². The summed E-state index contributed by atoms with van der Waals surface area (Å²) < 4.78 is 0. The first kappa shape index (κ1) is 7.64. The molecular weight excluding hydrogens is 122 g/mol. The van der Waals surface area contributed by atoms with Crippen LogP contribution in [0.5, 0.6) is 0 Å². The predicted molar refractivity (Wildman–Crippen MR) is 44.9 cm³/mol. The van der Waals surface area contributed by atoms with Crippen LogP contribution in [0.2, 0.25) is 0 Å². The molecule has 0 atom stereocenters. The lowest BCUT2D eigenvalue weighted by molar-refractivity contribution is 0.496. The maximum Gasteiger partial charge on any atom is 0.0207 e. The Balaban J connectivity index is 2.22. The molecule has 0 aliphatic carbocycles. The van der Waals surface area contributed by atoms with Crippen LogP contribution in [0.4, 0.5) is 0 Å². The van der Waals surface area contributed by atoms with Crippen LogP contribution in [0.3, 0.4) is 0 Å². The molecule has 0 radical (unpaired) electrons. The summed E-state index contributed by atoms with van der Waals surface area (Å²) in [5.41, 5.74) is 1.64. The Bertz CT molecular complexity index is 127. The summed E-state index contributed by atoms with van der Waals surface area (Å²) in [4.78, 5) is 2.28. The molecule has 58 valence electrons. The molecule has 0 spiro atoms. The lowest BCUT2D eigenvalue weighted by Crippen LogP contribution is -2.04. The maximum atomic E-state index is 2.30. The first-order chi connectivity index (χ1) is 4.83. The minimum Gasteiger partial charge on any atom is -0.380 e. The second kappa shape index (κ2) is 3.65. The molecule has 0 aromatic heterocycles. The average Bonchev–Trinajstić information content (AvgIpc) is 2.31. The monoisotopic (exact) mass is 139 g/mol. The van der Waals surface area contributed by atoms with Gasteiger partial charge in [0.25, 0.3) is 0 Å². The molecule has 0 aromatic rings. The third-order valence-corrected chi connectivity index (χ3v) is 2.04. The molecule has 10 heavy (non-hydrogen) atoms. The van der Waals surface area contributed by atoms with Crippen LogP contribution >= 0.6 is 0 Å². The Labute approximate surface area is 63.7 Å². The van der Waals surface area contributed by atoms with E-state index in [2.05, 4.69) is 25.1 Å². The van der Waals surface area contributed by atoms with Gasteiger partial charge in [0.2, 0.25) is 0 Å². The fraction of sp³-hybridized carbons (Fsp3) is 0.778. The Morgan fingerprint density at radius 2 is 2.40 bits per heavy atom. The van der Waals surface area contributed by atoms with Crippen LogP contribution < -0.4 is 0 Å². The van der Waals surface area contributed by atoms with Crippen molar-refractivity contribution >= 4 is 0 Å². The van der Waals surface area contributed by atoms with Gasteiger partial charge in [-0.25, -0.2) is 0 Å². The van der Waals surface area contributed by atoms with Crippen LogP contribution in [-0.4, -0.2) is 18.5 Å². The summed E-state index contributed by atoms with van der Waals surface area (Å²) >= 11 is 0. The van der Waals surface area contributed by atoms with Gasteiger partial charge >= 0.3 is 0 Å². The molecule has 0 aromatic carbocycles. The lowest BCUT2D eigenvalue weighted by atomic mass is 10.1. The van der Waals surface area contributed by atoms with Gasteiger partial charge in [-0.3, -0.25) is 0 Å². The third-order valence-electron chi connectivity index (χ3n) is 2.04. The van der Waals surface area contributed by atoms with Gasteiger partial charge in [-0.1, -0.05) is 18.9 Å². The lowest BCUT2D eigenvalue weighted by Gasteiger charge is -2.02. The smallest absolute Gasteiger partial charge is 0.0207 e. The molecule has 1 nitrogen and oxygen atoms in total. The normalized spacial score (nSPS) is 17.8. The van der Waals surface area contributed by atoms with Crippen molar-refractivity contribution in [3.63, 3.8) is 0 Å². The van der Waals surface area contributed by atoms with E-state index < -0.39 is 0 Å². The van der Waals surface area contributed by atoms with Crippen molar-refractivity contribution in [2.75, 3.05) is 13.6 Å². The highest BCUT2D eigenvalue weighted by Gasteiger charge is 2.06. The molecule has 1 rings (SSSR count). The maximum absolute atomic E-state index is 2.30. The molecular formula is C9H17N. The van der Waals surface area contributed by atoms with Crippen LogP contribution in [0.1, 0.15) is 32.6 Å². The molecule has 0 unspecified atom stereocenters. The van der Waals surface area contributed by atoms with Gasteiger partial charge in [-0.2, -0.15) is 0 Å². The molecule has 0 amide bonds. The van der Waals surface area contributed by atoms with Crippen molar-refractivity contribution in [1.82, 2.24) is 4.90 Å². The first-order valence-electron chi connectivity index (χ1n) is 4.22. The molecule has 0 N–H and O–H groups in total. The highest BCUT2D eigenvalue weighted by molar-refractivity contribution is 5.06. The highest BCUT2D eigenvalue weighted by atomic mass is 15.1. The van der Waals surface area contributed by atoms with Gasteiger partial charge < -0.3 is 4.90 Å². The number of nitrogens with zero attached hydrogens (tertiary/aromatic N) is 1.